The molecule has 0 aromatic heterocycles. The largest absolute Gasteiger partial charge is 0.481 e. The molecule has 0 aliphatic carbocycles. The maximum Gasteiger partial charge on any atom is 0.306 e. The number of carboxylic acid groups (broad SMARTS) is 1. The Bertz CT molecular complexity index is 704. The van der Waals surface area contributed by atoms with Crippen LogP contribution in [0.3, 0.4) is 0 Å². The Hall–Kier alpha value is -0.570. The lowest BCUT2D eigenvalue weighted by Crippen LogP contribution is -2.13. The van der Waals surface area contributed by atoms with Gasteiger partial charge in [-0.25, -0.2) is 0 Å². The fraction of sp³-hybridized carbons (Fsp3) is 0.982. The van der Waals surface area contributed by atoms with Crippen molar-refractivity contribution in [3.63, 3.8) is 0 Å². The quantitative estimate of drug-likeness (QED) is 0.0621. The van der Waals surface area contributed by atoms with E-state index in [0.717, 1.165) is 38.9 Å². The summed E-state index contributed by atoms with van der Waals surface area (Å²) in [5.41, 5.74) is 0. The number of carbonyl (C=O) groups is 1. The third-order valence-electron chi connectivity index (χ3n) is 12.9. The molecule has 59 heavy (non-hydrogen) atoms. The molecule has 1 unspecified atom stereocenters. The van der Waals surface area contributed by atoms with E-state index in [1.54, 1.807) is 0 Å². The fourth-order valence-corrected chi connectivity index (χ4v) is 8.69. The molecule has 1 atom stereocenters. The molecule has 0 heterocycles. The molecule has 3 heteroatoms. The van der Waals surface area contributed by atoms with Crippen molar-refractivity contribution in [2.45, 2.75) is 336 Å². The first kappa shape index (κ1) is 60.5. The minimum Gasteiger partial charge on any atom is -0.481 e. The van der Waals surface area contributed by atoms with Crippen LogP contribution in [0.25, 0.3) is 0 Å². The Morgan fingerprint density at radius 1 is 0.288 bits per heavy atom. The van der Waals surface area contributed by atoms with Gasteiger partial charge < -0.3 is 9.84 Å². The van der Waals surface area contributed by atoms with Crippen LogP contribution in [-0.4, -0.2) is 24.3 Å². The Labute approximate surface area is 374 Å². The van der Waals surface area contributed by atoms with Crippen LogP contribution in [0.15, 0.2) is 0 Å². The first-order chi connectivity index (χ1) is 29.1. The van der Waals surface area contributed by atoms with Crippen molar-refractivity contribution in [1.29, 1.82) is 0 Å². The van der Waals surface area contributed by atoms with Gasteiger partial charge in [-0.3, -0.25) is 4.79 Å². The molecule has 0 aromatic rings. The topological polar surface area (TPSA) is 46.5 Å². The lowest BCUT2D eigenvalue weighted by Gasteiger charge is -2.12. The molecule has 3 nitrogen and oxygen atoms in total. The summed E-state index contributed by atoms with van der Waals surface area (Å²) >= 11 is 0. The Morgan fingerprint density at radius 3 is 0.644 bits per heavy atom. The van der Waals surface area contributed by atoms with E-state index in [0.29, 0.717) is 0 Å². The predicted molar refractivity (Wildman–Crippen MR) is 266 cm³/mol. The molecule has 0 saturated carbocycles. The average molecular weight is 836 g/mol. The van der Waals surface area contributed by atoms with Crippen LogP contribution in [0.1, 0.15) is 336 Å². The minimum absolute atomic E-state index is 0.0982. The van der Waals surface area contributed by atoms with Gasteiger partial charge in [-0.05, 0) is 25.7 Å². The van der Waals surface area contributed by atoms with E-state index in [9.17, 15) is 9.90 Å². The summed E-state index contributed by atoms with van der Waals surface area (Å²) in [6.45, 7) is 11.1. The number of hydrogen-bond donors (Lipinski definition) is 1. The highest BCUT2D eigenvalue weighted by Crippen LogP contribution is 2.21. The summed E-state index contributed by atoms with van der Waals surface area (Å²) in [7, 11) is 0. The average Bonchev–Trinajstić information content (AvgIpc) is 3.24. The van der Waals surface area contributed by atoms with Crippen molar-refractivity contribution in [3.8, 4) is 0 Å². The van der Waals surface area contributed by atoms with Gasteiger partial charge >= 0.3 is 5.97 Å². The smallest absolute Gasteiger partial charge is 0.306 e. The zero-order valence-electron chi connectivity index (χ0n) is 41.7. The number of unbranched alkanes of at least 4 members (excludes halogenated alkanes) is 42. The normalized spacial score (nSPS) is 11.9. The third-order valence-corrected chi connectivity index (χ3v) is 12.9. The molecule has 356 valence electrons. The van der Waals surface area contributed by atoms with Gasteiger partial charge in [0.05, 0.1) is 5.92 Å². The lowest BCUT2D eigenvalue weighted by molar-refractivity contribution is -0.142. The highest BCUT2D eigenvalue weighted by atomic mass is 16.5. The second-order valence-corrected chi connectivity index (χ2v) is 19.1. The van der Waals surface area contributed by atoms with E-state index in [1.165, 1.54) is 283 Å². The highest BCUT2D eigenvalue weighted by molar-refractivity contribution is 5.69. The molecule has 0 aromatic carbocycles. The zero-order valence-corrected chi connectivity index (χ0v) is 41.7. The molecule has 0 aliphatic heterocycles. The van der Waals surface area contributed by atoms with Crippen molar-refractivity contribution >= 4 is 5.97 Å². The molecule has 0 fully saturated rings. The van der Waals surface area contributed by atoms with Crippen LogP contribution in [0, 0.1) is 5.92 Å². The van der Waals surface area contributed by atoms with Gasteiger partial charge in [-0.2, -0.15) is 0 Å². The summed E-state index contributed by atoms with van der Waals surface area (Å²) in [6.07, 6.45) is 65.1. The Morgan fingerprint density at radius 2 is 0.458 bits per heavy atom. The van der Waals surface area contributed by atoms with Crippen LogP contribution in [0.4, 0.5) is 0 Å². The first-order valence-electron chi connectivity index (χ1n) is 27.9. The Balaban J connectivity index is 0. The fourth-order valence-electron chi connectivity index (χ4n) is 8.69. The maximum atomic E-state index is 11.7. The second kappa shape index (κ2) is 57.4. The van der Waals surface area contributed by atoms with E-state index < -0.39 is 5.97 Å². The number of hydrogen-bond acceptors (Lipinski definition) is 2. The minimum atomic E-state index is -0.555. The van der Waals surface area contributed by atoms with E-state index in [1.807, 2.05) is 0 Å². The van der Waals surface area contributed by atoms with Crippen LogP contribution in [-0.2, 0) is 9.53 Å². The van der Waals surface area contributed by atoms with Gasteiger partial charge in [0.15, 0.2) is 0 Å². The van der Waals surface area contributed by atoms with Crippen molar-refractivity contribution < 1.29 is 14.6 Å². The van der Waals surface area contributed by atoms with E-state index >= 15 is 0 Å². The van der Waals surface area contributed by atoms with Gasteiger partial charge in [0, 0.05) is 13.2 Å². The summed E-state index contributed by atoms with van der Waals surface area (Å²) < 4.78 is 5.71. The SMILES string of the molecule is CCCCCCCCCCCCCCCCCCC(CCCCCCCCCCCCCCCC)C(=O)O.CCCCCCCCCCCCOCCCCCCCC. The molecule has 0 aliphatic rings. The standard InChI is InChI=1S/C36H72O2.C20H42O/c1-3-5-7-9-11-13-15-17-19-20-22-24-26-28-30-32-34-35(36(37)38)33-31-29-27-25-23-21-18-16-14-12-10-8-6-4-2;1-3-5-7-9-11-12-13-14-16-18-20-21-19-17-15-10-8-6-4-2/h35H,3-34H2,1-2H3,(H,37,38);3-20H2,1-2H3. The molecule has 0 radical (unpaired) electrons. The molecular formula is C56H114O3. The molecule has 1 N–H and O–H groups in total. The van der Waals surface area contributed by atoms with Gasteiger partial charge in [-0.1, -0.05) is 310 Å². The van der Waals surface area contributed by atoms with Crippen LogP contribution in [0.5, 0.6) is 0 Å². The van der Waals surface area contributed by atoms with Crippen molar-refractivity contribution in [1.82, 2.24) is 0 Å². The van der Waals surface area contributed by atoms with Crippen LogP contribution >= 0.6 is 0 Å². The number of rotatable bonds is 51. The van der Waals surface area contributed by atoms with Crippen molar-refractivity contribution in [2.24, 2.45) is 5.92 Å². The third kappa shape index (κ3) is 57.4. The maximum absolute atomic E-state index is 11.7. The summed E-state index contributed by atoms with van der Waals surface area (Å²) in [5, 5.41) is 9.60. The van der Waals surface area contributed by atoms with Gasteiger partial charge in [0.2, 0.25) is 0 Å². The highest BCUT2D eigenvalue weighted by Gasteiger charge is 2.16. The summed E-state index contributed by atoms with van der Waals surface area (Å²) in [5.74, 6) is -0.653. The van der Waals surface area contributed by atoms with Gasteiger partial charge in [0.25, 0.3) is 0 Å². The number of aliphatic carboxylic acids is 1. The van der Waals surface area contributed by atoms with Gasteiger partial charge in [-0.15, -0.1) is 0 Å². The molecular weight excluding hydrogens is 721 g/mol. The second-order valence-electron chi connectivity index (χ2n) is 19.1. The summed E-state index contributed by atoms with van der Waals surface area (Å²) in [6, 6.07) is 0. The van der Waals surface area contributed by atoms with E-state index in [2.05, 4.69) is 27.7 Å². The lowest BCUT2D eigenvalue weighted by atomic mass is 9.94. The van der Waals surface area contributed by atoms with Crippen LogP contribution < -0.4 is 0 Å². The molecule has 0 spiro atoms. The van der Waals surface area contributed by atoms with Crippen LogP contribution in [0.2, 0.25) is 0 Å². The monoisotopic (exact) mass is 835 g/mol. The number of ether oxygens (including phenoxy) is 1. The molecule has 0 bridgehead atoms. The van der Waals surface area contributed by atoms with Crippen molar-refractivity contribution in [3.05, 3.63) is 0 Å². The van der Waals surface area contributed by atoms with Crippen molar-refractivity contribution in [2.75, 3.05) is 13.2 Å². The van der Waals surface area contributed by atoms with E-state index in [-0.39, 0.29) is 5.92 Å². The molecule has 0 amide bonds. The molecule has 0 saturated heterocycles. The molecule has 0 rings (SSSR count). The number of carboxylic acids is 1. The van der Waals surface area contributed by atoms with E-state index in [4.69, 9.17) is 4.74 Å². The summed E-state index contributed by atoms with van der Waals surface area (Å²) in [4.78, 5) is 11.7. The predicted octanol–water partition coefficient (Wildman–Crippen LogP) is 20.5. The Kier molecular flexibility index (Phi) is 58.9. The van der Waals surface area contributed by atoms with Gasteiger partial charge in [0.1, 0.15) is 0 Å². The first-order valence-corrected chi connectivity index (χ1v) is 27.9. The zero-order chi connectivity index (χ0) is 43.2.